The molecule has 0 fully saturated rings. The summed E-state index contributed by atoms with van der Waals surface area (Å²) >= 11 is 3.58. The van der Waals surface area contributed by atoms with Gasteiger partial charge in [0, 0.05) is 5.33 Å². The lowest BCUT2D eigenvalue weighted by Crippen LogP contribution is -2.31. The molecule has 0 unspecified atom stereocenters. The second-order valence-corrected chi connectivity index (χ2v) is 9.35. The highest BCUT2D eigenvalue weighted by Gasteiger charge is 2.39. The van der Waals surface area contributed by atoms with Gasteiger partial charge in [-0.15, -0.1) is 5.10 Å². The highest BCUT2D eigenvalue weighted by molar-refractivity contribution is 9.08. The van der Waals surface area contributed by atoms with Crippen LogP contribution in [0.15, 0.2) is 146 Å². The molecule has 186 valence electrons. The zero-order valence-corrected chi connectivity index (χ0v) is 22.4. The van der Waals surface area contributed by atoms with E-state index in [1.165, 1.54) is 45.3 Å². The molecule has 1 aromatic heterocycles. The van der Waals surface area contributed by atoms with Crippen LogP contribution in [0, 0.1) is 0 Å². The van der Waals surface area contributed by atoms with Gasteiger partial charge in [0.1, 0.15) is 6.33 Å². The third-order valence-electron chi connectivity index (χ3n) is 6.64. The van der Waals surface area contributed by atoms with Gasteiger partial charge >= 0.3 is 0 Å². The molecule has 4 nitrogen and oxygen atoms in total. The van der Waals surface area contributed by atoms with E-state index < -0.39 is 5.41 Å². The minimum Gasteiger partial charge on any atom is -0.246 e. The monoisotopic (exact) mass is 558 g/mol. The van der Waals surface area contributed by atoms with E-state index in [4.69, 9.17) is 0 Å². The van der Waals surface area contributed by atoms with E-state index in [9.17, 15) is 0 Å². The van der Waals surface area contributed by atoms with Crippen LogP contribution in [0.3, 0.4) is 0 Å². The number of hydrogen-bond acceptors (Lipinski definition) is 3. The number of rotatable bonds is 6. The fraction of sp³-hybridized carbons (Fsp3) is 0.0606. The zero-order chi connectivity index (χ0) is 26.0. The van der Waals surface area contributed by atoms with Gasteiger partial charge in [-0.3, -0.25) is 0 Å². The molecule has 0 bridgehead atoms. The van der Waals surface area contributed by atoms with Crippen LogP contribution in [0.1, 0.15) is 27.8 Å². The number of benzene rings is 5. The van der Waals surface area contributed by atoms with Crippen LogP contribution in [0.25, 0.3) is 11.1 Å². The Balaban J connectivity index is 0.000000529. The lowest BCUT2D eigenvalue weighted by Gasteiger charge is -2.38. The molecule has 0 saturated carbocycles. The molecule has 0 amide bonds. The van der Waals surface area contributed by atoms with Gasteiger partial charge in [-0.25, -0.2) is 5.10 Å². The number of halogens is 1. The minimum atomic E-state index is -0.450. The first-order valence-corrected chi connectivity index (χ1v) is 13.5. The molecule has 0 aliphatic rings. The summed E-state index contributed by atoms with van der Waals surface area (Å²) < 4.78 is 0. The first kappa shape index (κ1) is 25.3. The largest absolute Gasteiger partial charge is 0.246 e. The van der Waals surface area contributed by atoms with E-state index in [0.29, 0.717) is 0 Å². The SMILES string of the molecule is BrCc1ccc(-c2ccccc2C(c2ccccc2)(c2ccccc2)c2ccccc2)cc1.c1nnn[nH]1. The van der Waals surface area contributed by atoms with Crippen molar-refractivity contribution < 1.29 is 0 Å². The number of hydrogen-bond donors (Lipinski definition) is 1. The Kier molecular flexibility index (Phi) is 8.16. The van der Waals surface area contributed by atoms with Crippen LogP contribution in [0.5, 0.6) is 0 Å². The molecular weight excluding hydrogens is 532 g/mol. The average molecular weight is 560 g/mol. The molecule has 0 atom stereocenters. The fourth-order valence-corrected chi connectivity index (χ4v) is 5.37. The van der Waals surface area contributed by atoms with E-state index in [1.807, 2.05) is 0 Å². The normalized spacial score (nSPS) is 10.9. The van der Waals surface area contributed by atoms with E-state index >= 15 is 0 Å². The van der Waals surface area contributed by atoms with Gasteiger partial charge in [0.25, 0.3) is 0 Å². The molecule has 0 aliphatic heterocycles. The van der Waals surface area contributed by atoms with Crippen LogP contribution < -0.4 is 0 Å². The molecular formula is C33H27BrN4. The molecule has 0 spiro atoms. The van der Waals surface area contributed by atoms with Crippen molar-refractivity contribution in [2.45, 2.75) is 10.7 Å². The maximum atomic E-state index is 3.58. The second kappa shape index (κ2) is 12.3. The van der Waals surface area contributed by atoms with Crippen LogP contribution in [-0.2, 0) is 10.7 Å². The lowest BCUT2D eigenvalue weighted by atomic mass is 9.63. The van der Waals surface area contributed by atoms with Gasteiger partial charge in [0.2, 0.25) is 0 Å². The third kappa shape index (κ3) is 5.20. The molecule has 5 aromatic carbocycles. The molecule has 38 heavy (non-hydrogen) atoms. The van der Waals surface area contributed by atoms with E-state index in [-0.39, 0.29) is 0 Å². The van der Waals surface area contributed by atoms with Crippen molar-refractivity contribution in [3.63, 3.8) is 0 Å². The van der Waals surface area contributed by atoms with Crippen molar-refractivity contribution >= 4 is 15.9 Å². The number of nitrogens with one attached hydrogen (secondary N) is 1. The number of nitrogens with zero attached hydrogens (tertiary/aromatic N) is 3. The first-order chi connectivity index (χ1) is 18.8. The fourth-order valence-electron chi connectivity index (χ4n) is 5.00. The first-order valence-electron chi connectivity index (χ1n) is 12.4. The van der Waals surface area contributed by atoms with Crippen molar-refractivity contribution in [1.29, 1.82) is 0 Å². The van der Waals surface area contributed by atoms with Crippen molar-refractivity contribution in [2.75, 3.05) is 0 Å². The van der Waals surface area contributed by atoms with Gasteiger partial charge in [0.05, 0.1) is 5.41 Å². The third-order valence-corrected chi connectivity index (χ3v) is 7.29. The maximum absolute atomic E-state index is 3.58. The van der Waals surface area contributed by atoms with Gasteiger partial charge < -0.3 is 0 Å². The summed E-state index contributed by atoms with van der Waals surface area (Å²) in [5.74, 6) is 0. The van der Waals surface area contributed by atoms with Gasteiger partial charge in [-0.1, -0.05) is 155 Å². The van der Waals surface area contributed by atoms with Crippen molar-refractivity contribution in [3.05, 3.63) is 174 Å². The molecule has 1 N–H and O–H groups in total. The number of aromatic amines is 1. The Morgan fingerprint density at radius 1 is 0.579 bits per heavy atom. The Bertz CT molecular complexity index is 1410. The van der Waals surface area contributed by atoms with E-state index in [1.54, 1.807) is 0 Å². The summed E-state index contributed by atoms with van der Waals surface area (Å²) in [6, 6.07) is 50.4. The predicted molar refractivity (Wildman–Crippen MR) is 157 cm³/mol. The summed E-state index contributed by atoms with van der Waals surface area (Å²) in [5.41, 5.74) is 8.34. The molecule has 5 heteroatoms. The lowest BCUT2D eigenvalue weighted by molar-refractivity contribution is 0.747. The summed E-state index contributed by atoms with van der Waals surface area (Å²) in [4.78, 5) is 0. The molecule has 0 saturated heterocycles. The van der Waals surface area contributed by atoms with E-state index in [2.05, 4.69) is 176 Å². The van der Waals surface area contributed by atoms with Crippen molar-refractivity contribution in [3.8, 4) is 11.1 Å². The molecule has 0 aliphatic carbocycles. The Morgan fingerprint density at radius 3 is 1.50 bits per heavy atom. The molecule has 6 rings (SSSR count). The van der Waals surface area contributed by atoms with Gasteiger partial charge in [0.15, 0.2) is 0 Å². The highest BCUT2D eigenvalue weighted by atomic mass is 79.9. The Labute approximate surface area is 231 Å². The Hall–Kier alpha value is -4.35. The summed E-state index contributed by atoms with van der Waals surface area (Å²) in [6.45, 7) is 0. The standard InChI is InChI=1S/C32H25Br.CH2N4/c33-24-25-20-22-26(23-21-25)30-18-10-11-19-31(30)32(27-12-4-1-5-13-27,28-14-6-2-7-15-28)29-16-8-3-9-17-29;1-2-4-5-3-1/h1-23H,24H2;1H,(H,2,3,4,5). The number of H-pyrrole nitrogens is 1. The highest BCUT2D eigenvalue weighted by Crippen LogP contribution is 2.48. The average Bonchev–Trinajstić information content (AvgIpc) is 3.60. The van der Waals surface area contributed by atoms with Crippen LogP contribution in [0.4, 0.5) is 0 Å². The molecule has 1 heterocycles. The number of alkyl halides is 1. The summed E-state index contributed by atoms with van der Waals surface area (Å²) in [7, 11) is 0. The Morgan fingerprint density at radius 2 is 1.08 bits per heavy atom. The number of tetrazole rings is 1. The topological polar surface area (TPSA) is 54.5 Å². The number of aromatic nitrogens is 4. The van der Waals surface area contributed by atoms with Crippen molar-refractivity contribution in [2.24, 2.45) is 0 Å². The maximum Gasteiger partial charge on any atom is 0.135 e. The van der Waals surface area contributed by atoms with Crippen molar-refractivity contribution in [1.82, 2.24) is 20.6 Å². The minimum absolute atomic E-state index is 0.450. The molecule has 0 radical (unpaired) electrons. The summed E-state index contributed by atoms with van der Waals surface area (Å²) in [5, 5.41) is 13.0. The second-order valence-electron chi connectivity index (χ2n) is 8.79. The van der Waals surface area contributed by atoms with Crippen LogP contribution in [0.2, 0.25) is 0 Å². The van der Waals surface area contributed by atoms with Crippen LogP contribution >= 0.6 is 15.9 Å². The smallest absolute Gasteiger partial charge is 0.135 e. The van der Waals surface area contributed by atoms with Gasteiger partial charge in [-0.05, 0) is 49.4 Å². The summed E-state index contributed by atoms with van der Waals surface area (Å²) in [6.07, 6.45) is 1.40. The van der Waals surface area contributed by atoms with Crippen LogP contribution in [-0.4, -0.2) is 20.6 Å². The molecule has 6 aromatic rings. The predicted octanol–water partition coefficient (Wildman–Crippen LogP) is 7.83. The quantitative estimate of drug-likeness (QED) is 0.167. The van der Waals surface area contributed by atoms with E-state index in [0.717, 1.165) is 5.33 Å². The zero-order valence-electron chi connectivity index (χ0n) is 20.8. The van der Waals surface area contributed by atoms with Gasteiger partial charge in [-0.2, -0.15) is 0 Å².